The lowest BCUT2D eigenvalue weighted by Gasteiger charge is -2.59. The first-order valence-corrected chi connectivity index (χ1v) is 15.1. The highest BCUT2D eigenvalue weighted by molar-refractivity contribution is 14.2. The Bertz CT molecular complexity index is 1020. The standard InChI is InChI=1S/C22H28ClIN5OP/c1-26-21-18(11-25)5-4-17(20(21)23)7-16-9-22(10-16)13-28(14-22)6-2-3-15-8-19(30)29(31-24)27-12-15/h4-5,8,11-12,16,25-26,31H,2-3,6-7,9-10,13-14H2,1H3. The van der Waals surface area contributed by atoms with Gasteiger partial charge >= 0.3 is 0 Å². The molecule has 1 saturated carbocycles. The fourth-order valence-electron chi connectivity index (χ4n) is 5.26. The highest BCUT2D eigenvalue weighted by atomic mass is 127. The second kappa shape index (κ2) is 9.86. The monoisotopic (exact) mass is 571 g/mol. The number of benzene rings is 1. The molecule has 1 aliphatic heterocycles. The van der Waals surface area contributed by atoms with Gasteiger partial charge in [-0.2, -0.15) is 5.10 Å². The van der Waals surface area contributed by atoms with Crippen molar-refractivity contribution in [1.82, 2.24) is 14.5 Å². The molecule has 2 aliphatic rings. The molecule has 4 rings (SSSR count). The molecule has 2 heterocycles. The molecule has 6 nitrogen and oxygen atoms in total. The van der Waals surface area contributed by atoms with Crippen LogP contribution >= 0.6 is 40.0 Å². The SMILES string of the molecule is CNc1c(C=N)ccc(CC2CC3(C2)CN(CCCc2cnn(PI)c(=O)c2)C3)c1Cl. The molecule has 1 saturated heterocycles. The van der Waals surface area contributed by atoms with Crippen molar-refractivity contribution in [2.24, 2.45) is 11.3 Å². The number of anilines is 1. The minimum absolute atomic E-state index is 0.00283. The number of hydrogen-bond acceptors (Lipinski definition) is 5. The van der Waals surface area contributed by atoms with Gasteiger partial charge in [0.15, 0.2) is 0 Å². The van der Waals surface area contributed by atoms with Crippen LogP contribution in [0, 0.1) is 16.7 Å². The molecule has 1 unspecified atom stereocenters. The number of hydrogen-bond donors (Lipinski definition) is 2. The molecule has 1 aliphatic carbocycles. The summed E-state index contributed by atoms with van der Waals surface area (Å²) in [5.41, 5.74) is 4.44. The van der Waals surface area contributed by atoms with Crippen LogP contribution in [0.3, 0.4) is 0 Å². The largest absolute Gasteiger partial charge is 0.386 e. The van der Waals surface area contributed by atoms with E-state index in [2.05, 4.69) is 43.4 Å². The molecule has 1 aromatic heterocycles. The second-order valence-electron chi connectivity index (χ2n) is 8.89. The Morgan fingerprint density at radius 2 is 2.19 bits per heavy atom. The van der Waals surface area contributed by atoms with Crippen molar-refractivity contribution in [1.29, 1.82) is 5.41 Å². The molecule has 31 heavy (non-hydrogen) atoms. The fraction of sp³-hybridized carbons (Fsp3) is 0.500. The quantitative estimate of drug-likeness (QED) is 0.262. The molecule has 2 fully saturated rings. The molecular formula is C22H28ClIN5OP. The minimum Gasteiger partial charge on any atom is -0.386 e. The molecule has 1 spiro atoms. The zero-order valence-electron chi connectivity index (χ0n) is 17.6. The Hall–Kier alpha value is -1.02. The Kier molecular flexibility index (Phi) is 7.36. The summed E-state index contributed by atoms with van der Waals surface area (Å²) >= 11 is 8.77. The zero-order chi connectivity index (χ0) is 22.0. The third-order valence-electron chi connectivity index (χ3n) is 6.61. The summed E-state index contributed by atoms with van der Waals surface area (Å²) in [6.07, 6.45) is 9.09. The van der Waals surface area contributed by atoms with Gasteiger partial charge in [0.25, 0.3) is 5.56 Å². The van der Waals surface area contributed by atoms with Crippen LogP contribution in [0.15, 0.2) is 29.2 Å². The van der Waals surface area contributed by atoms with Gasteiger partial charge in [0.05, 0.1) is 23.3 Å². The summed E-state index contributed by atoms with van der Waals surface area (Å²) in [7, 11) is 1.86. The van der Waals surface area contributed by atoms with Crippen LogP contribution in [0.4, 0.5) is 5.69 Å². The van der Waals surface area contributed by atoms with E-state index in [9.17, 15) is 4.79 Å². The van der Waals surface area contributed by atoms with E-state index in [1.54, 1.807) is 6.07 Å². The number of halogens is 2. The fourth-order valence-corrected chi connectivity index (χ4v) is 6.94. The molecule has 2 N–H and O–H groups in total. The highest BCUT2D eigenvalue weighted by Gasteiger charge is 2.51. The summed E-state index contributed by atoms with van der Waals surface area (Å²) in [6.45, 7) is 3.48. The van der Waals surface area contributed by atoms with Crippen LogP contribution in [0.5, 0.6) is 0 Å². The van der Waals surface area contributed by atoms with Gasteiger partial charge in [0.1, 0.15) is 0 Å². The van der Waals surface area contributed by atoms with Crippen LogP contribution < -0.4 is 10.9 Å². The van der Waals surface area contributed by atoms with Gasteiger partial charge in [0.2, 0.25) is 0 Å². The molecular weight excluding hydrogens is 544 g/mol. The Balaban J connectivity index is 1.20. The Morgan fingerprint density at radius 1 is 1.42 bits per heavy atom. The van der Waals surface area contributed by atoms with Crippen molar-refractivity contribution >= 4 is 51.9 Å². The van der Waals surface area contributed by atoms with Crippen molar-refractivity contribution in [2.45, 2.75) is 32.1 Å². The smallest absolute Gasteiger partial charge is 0.270 e. The first-order chi connectivity index (χ1) is 15.0. The number of nitrogens with one attached hydrogen (secondary N) is 2. The van der Waals surface area contributed by atoms with Crippen LogP contribution in [0.2, 0.25) is 5.02 Å². The van der Waals surface area contributed by atoms with E-state index in [-0.39, 0.29) is 5.56 Å². The molecule has 0 bridgehead atoms. The third kappa shape index (κ3) is 5.00. The maximum atomic E-state index is 11.9. The molecule has 2 aromatic rings. The van der Waals surface area contributed by atoms with Gasteiger partial charge in [-0.05, 0) is 83.1 Å². The molecule has 0 amide bonds. The summed E-state index contributed by atoms with van der Waals surface area (Å²) < 4.78 is 1.51. The summed E-state index contributed by atoms with van der Waals surface area (Å²) in [5.74, 6) is 0.700. The molecule has 1 atom stereocenters. The van der Waals surface area contributed by atoms with Gasteiger partial charge in [-0.1, -0.05) is 23.7 Å². The second-order valence-corrected chi connectivity index (χ2v) is 11.3. The van der Waals surface area contributed by atoms with E-state index in [1.807, 2.05) is 19.3 Å². The first-order valence-electron chi connectivity index (χ1n) is 10.6. The van der Waals surface area contributed by atoms with E-state index in [0.29, 0.717) is 17.7 Å². The van der Waals surface area contributed by atoms with E-state index in [1.165, 1.54) is 42.2 Å². The van der Waals surface area contributed by atoms with Crippen molar-refractivity contribution in [2.75, 3.05) is 32.0 Å². The van der Waals surface area contributed by atoms with Gasteiger partial charge in [-0.15, -0.1) is 0 Å². The predicted octanol–water partition coefficient (Wildman–Crippen LogP) is 4.61. The van der Waals surface area contributed by atoms with Crippen LogP contribution in [0.1, 0.15) is 36.0 Å². The van der Waals surface area contributed by atoms with E-state index in [4.69, 9.17) is 17.0 Å². The number of aromatic nitrogens is 2. The zero-order valence-corrected chi connectivity index (χ0v) is 21.5. The van der Waals surface area contributed by atoms with E-state index < -0.39 is 0 Å². The van der Waals surface area contributed by atoms with Gasteiger partial charge in [-0.25, -0.2) is 4.45 Å². The van der Waals surface area contributed by atoms with Crippen molar-refractivity contribution in [3.63, 3.8) is 0 Å². The lowest BCUT2D eigenvalue weighted by atomic mass is 9.56. The average molecular weight is 572 g/mol. The maximum Gasteiger partial charge on any atom is 0.270 e. The molecule has 9 heteroatoms. The number of aryl methyl sites for hydroxylation is 1. The van der Waals surface area contributed by atoms with Crippen LogP contribution in [-0.4, -0.2) is 47.3 Å². The van der Waals surface area contributed by atoms with Crippen molar-refractivity contribution in [3.8, 4) is 0 Å². The average Bonchev–Trinajstić information content (AvgIpc) is 2.71. The van der Waals surface area contributed by atoms with Crippen LogP contribution in [0.25, 0.3) is 0 Å². The Morgan fingerprint density at radius 3 is 2.84 bits per heavy atom. The Labute approximate surface area is 203 Å². The maximum absolute atomic E-state index is 11.9. The lowest BCUT2D eigenvalue weighted by molar-refractivity contribution is -0.0936. The van der Waals surface area contributed by atoms with Gasteiger partial charge in [0, 0.05) is 38.0 Å². The predicted molar refractivity (Wildman–Crippen MR) is 139 cm³/mol. The molecule has 0 radical (unpaired) electrons. The summed E-state index contributed by atoms with van der Waals surface area (Å²) in [5, 5.41) is 15.6. The molecule has 166 valence electrons. The summed E-state index contributed by atoms with van der Waals surface area (Å²) in [4.78, 5) is 14.4. The third-order valence-corrected chi connectivity index (χ3v) is 8.90. The van der Waals surface area contributed by atoms with E-state index >= 15 is 0 Å². The van der Waals surface area contributed by atoms with Gasteiger partial charge < -0.3 is 15.6 Å². The summed E-state index contributed by atoms with van der Waals surface area (Å²) in [6, 6.07) is 5.79. The minimum atomic E-state index is 0.00283. The van der Waals surface area contributed by atoms with Crippen LogP contribution in [-0.2, 0) is 12.8 Å². The van der Waals surface area contributed by atoms with Crippen molar-refractivity contribution < 1.29 is 0 Å². The highest BCUT2D eigenvalue weighted by Crippen LogP contribution is 2.53. The number of rotatable bonds is 9. The van der Waals surface area contributed by atoms with Gasteiger partial charge in [-0.3, -0.25) is 4.79 Å². The number of likely N-dealkylation sites (tertiary alicyclic amines) is 1. The normalized spacial score (nSPS) is 18.3. The topological polar surface area (TPSA) is 74.0 Å². The first kappa shape index (κ1) is 23.1. The van der Waals surface area contributed by atoms with E-state index in [0.717, 1.165) is 47.6 Å². The number of nitrogens with zero attached hydrogens (tertiary/aromatic N) is 3. The van der Waals surface area contributed by atoms with Crippen molar-refractivity contribution in [3.05, 3.63) is 56.5 Å². The molecule has 1 aromatic carbocycles. The lowest BCUT2D eigenvalue weighted by Crippen LogP contribution is -2.62.